The van der Waals surface area contributed by atoms with E-state index >= 15 is 0 Å². The number of sulfonamides is 1. The Hall–Kier alpha value is -2.65. The topological polar surface area (TPSA) is 93.7 Å². The third-order valence-corrected chi connectivity index (χ3v) is 5.93. The number of hydrogen-bond acceptors (Lipinski definition) is 5. The van der Waals surface area contributed by atoms with Gasteiger partial charge < -0.3 is 14.8 Å². The molecule has 0 radical (unpaired) electrons. The molecule has 1 aliphatic rings. The Balaban J connectivity index is 1.73. The Labute approximate surface area is 169 Å². The lowest BCUT2D eigenvalue weighted by Gasteiger charge is -2.23. The van der Waals surface area contributed by atoms with E-state index in [2.05, 4.69) is 10.0 Å². The summed E-state index contributed by atoms with van der Waals surface area (Å²) in [6.07, 6.45) is 0. The summed E-state index contributed by atoms with van der Waals surface area (Å²) in [5.41, 5.74) is 0.718. The molecule has 0 aromatic heterocycles. The number of halogens is 1. The SMILES string of the molecule is CC(C)[C@H](NS(=O)(=O)c1ccccc1F)C(=O)NCc1cccc2c1OCCO2. The molecule has 2 aromatic carbocycles. The fraction of sp³-hybridized carbons (Fsp3) is 0.350. The quantitative estimate of drug-likeness (QED) is 0.714. The second-order valence-corrected chi connectivity index (χ2v) is 8.61. The molecule has 0 bridgehead atoms. The third-order valence-electron chi connectivity index (χ3n) is 4.46. The number of nitrogens with one attached hydrogen (secondary N) is 2. The van der Waals surface area contributed by atoms with Crippen LogP contribution in [0.15, 0.2) is 47.4 Å². The number of fused-ring (bicyclic) bond motifs is 1. The van der Waals surface area contributed by atoms with Gasteiger partial charge in [-0.05, 0) is 24.1 Å². The molecule has 1 amide bonds. The van der Waals surface area contributed by atoms with E-state index in [1.165, 1.54) is 12.1 Å². The molecule has 156 valence electrons. The highest BCUT2D eigenvalue weighted by Crippen LogP contribution is 2.33. The van der Waals surface area contributed by atoms with Crippen molar-refractivity contribution in [3.05, 3.63) is 53.8 Å². The van der Waals surface area contributed by atoms with Crippen LogP contribution in [0.4, 0.5) is 4.39 Å². The van der Waals surface area contributed by atoms with E-state index in [0.717, 1.165) is 17.7 Å². The van der Waals surface area contributed by atoms with Gasteiger partial charge in [0.25, 0.3) is 0 Å². The summed E-state index contributed by atoms with van der Waals surface area (Å²) in [4.78, 5) is 12.2. The Morgan fingerprint density at radius 2 is 1.83 bits per heavy atom. The molecule has 0 aliphatic carbocycles. The van der Waals surface area contributed by atoms with Gasteiger partial charge in [-0.25, -0.2) is 12.8 Å². The number of benzene rings is 2. The van der Waals surface area contributed by atoms with Crippen LogP contribution in [0.5, 0.6) is 11.5 Å². The smallest absolute Gasteiger partial charge is 0.244 e. The highest BCUT2D eigenvalue weighted by atomic mass is 32.2. The second-order valence-electron chi connectivity index (χ2n) is 6.93. The molecule has 1 atom stereocenters. The molecular formula is C20H23FN2O5S. The van der Waals surface area contributed by atoms with Gasteiger partial charge in [0.15, 0.2) is 11.5 Å². The number of rotatable bonds is 7. The van der Waals surface area contributed by atoms with Gasteiger partial charge in [-0.3, -0.25) is 4.79 Å². The van der Waals surface area contributed by atoms with Crippen LogP contribution >= 0.6 is 0 Å². The van der Waals surface area contributed by atoms with E-state index in [-0.39, 0.29) is 12.5 Å². The Kier molecular flexibility index (Phi) is 6.39. The van der Waals surface area contributed by atoms with Gasteiger partial charge in [0.1, 0.15) is 30.0 Å². The highest BCUT2D eigenvalue weighted by Gasteiger charge is 2.30. The van der Waals surface area contributed by atoms with E-state index in [9.17, 15) is 17.6 Å². The van der Waals surface area contributed by atoms with Crippen molar-refractivity contribution in [3.8, 4) is 11.5 Å². The first-order chi connectivity index (χ1) is 13.8. The van der Waals surface area contributed by atoms with Crippen molar-refractivity contribution in [2.24, 2.45) is 5.92 Å². The number of hydrogen-bond donors (Lipinski definition) is 2. The minimum absolute atomic E-state index is 0.135. The van der Waals surface area contributed by atoms with Crippen LogP contribution in [0.3, 0.4) is 0 Å². The van der Waals surface area contributed by atoms with Crippen molar-refractivity contribution < 1.29 is 27.1 Å². The first-order valence-corrected chi connectivity index (χ1v) is 10.7. The number of ether oxygens (including phenoxy) is 2. The minimum Gasteiger partial charge on any atom is -0.486 e. The predicted molar refractivity (Wildman–Crippen MR) is 105 cm³/mol. The summed E-state index contributed by atoms with van der Waals surface area (Å²) >= 11 is 0. The zero-order chi connectivity index (χ0) is 21.0. The average Bonchev–Trinajstić information content (AvgIpc) is 2.70. The Morgan fingerprint density at radius 3 is 2.55 bits per heavy atom. The third kappa shape index (κ3) is 4.86. The zero-order valence-corrected chi connectivity index (χ0v) is 17.0. The summed E-state index contributed by atoms with van der Waals surface area (Å²) in [6, 6.07) is 9.31. The molecule has 0 saturated heterocycles. The summed E-state index contributed by atoms with van der Waals surface area (Å²) in [5.74, 6) is -0.596. The van der Waals surface area contributed by atoms with Gasteiger partial charge in [-0.1, -0.05) is 38.1 Å². The van der Waals surface area contributed by atoms with E-state index < -0.39 is 32.7 Å². The lowest BCUT2D eigenvalue weighted by molar-refractivity contribution is -0.123. The van der Waals surface area contributed by atoms with Gasteiger partial charge in [0.05, 0.1) is 0 Å². The van der Waals surface area contributed by atoms with E-state index in [1.54, 1.807) is 32.0 Å². The molecule has 29 heavy (non-hydrogen) atoms. The molecule has 0 spiro atoms. The first-order valence-electron chi connectivity index (χ1n) is 9.21. The molecule has 1 heterocycles. The maximum absolute atomic E-state index is 13.9. The Bertz CT molecular complexity index is 994. The molecule has 7 nitrogen and oxygen atoms in total. The summed E-state index contributed by atoms with van der Waals surface area (Å²) in [6.45, 7) is 4.41. The summed E-state index contributed by atoms with van der Waals surface area (Å²) in [5, 5.41) is 2.72. The molecule has 0 unspecified atom stereocenters. The Morgan fingerprint density at radius 1 is 1.10 bits per heavy atom. The molecular weight excluding hydrogens is 399 g/mol. The fourth-order valence-corrected chi connectivity index (χ4v) is 4.37. The number of carbonyl (C=O) groups is 1. The van der Waals surface area contributed by atoms with Crippen molar-refractivity contribution in [1.29, 1.82) is 0 Å². The second kappa shape index (κ2) is 8.79. The monoisotopic (exact) mass is 422 g/mol. The first kappa shape index (κ1) is 21.1. The number of para-hydroxylation sites is 1. The van der Waals surface area contributed by atoms with Crippen LogP contribution in [-0.2, 0) is 21.4 Å². The number of amides is 1. The molecule has 0 fully saturated rings. The van der Waals surface area contributed by atoms with Crippen LogP contribution in [0.25, 0.3) is 0 Å². The van der Waals surface area contributed by atoms with Gasteiger partial charge in [-0.15, -0.1) is 0 Å². The largest absolute Gasteiger partial charge is 0.486 e. The maximum Gasteiger partial charge on any atom is 0.244 e. The van der Waals surface area contributed by atoms with Gasteiger partial charge in [-0.2, -0.15) is 4.72 Å². The highest BCUT2D eigenvalue weighted by molar-refractivity contribution is 7.89. The van der Waals surface area contributed by atoms with Crippen LogP contribution in [0.2, 0.25) is 0 Å². The van der Waals surface area contributed by atoms with Crippen LogP contribution < -0.4 is 19.5 Å². The van der Waals surface area contributed by atoms with Crippen molar-refractivity contribution in [2.75, 3.05) is 13.2 Å². The van der Waals surface area contributed by atoms with Crippen LogP contribution in [0, 0.1) is 11.7 Å². The summed E-state index contributed by atoms with van der Waals surface area (Å²) in [7, 11) is -4.21. The van der Waals surface area contributed by atoms with E-state index in [1.807, 2.05) is 0 Å². The van der Waals surface area contributed by atoms with Crippen LogP contribution in [-0.4, -0.2) is 33.6 Å². The lowest BCUT2D eigenvalue weighted by atomic mass is 10.0. The minimum atomic E-state index is -4.21. The standard InChI is InChI=1S/C20H23FN2O5S/c1-13(2)18(23-29(25,26)17-9-4-3-7-15(17)21)20(24)22-12-14-6-5-8-16-19(14)28-11-10-27-16/h3-9,13,18,23H,10-12H2,1-2H3,(H,22,24)/t18-/m0/s1. The predicted octanol–water partition coefficient (Wildman–Crippen LogP) is 2.22. The molecule has 2 aromatic rings. The van der Waals surface area contributed by atoms with E-state index in [4.69, 9.17) is 9.47 Å². The lowest BCUT2D eigenvalue weighted by Crippen LogP contribution is -2.49. The van der Waals surface area contributed by atoms with Crippen molar-refractivity contribution in [2.45, 2.75) is 31.3 Å². The zero-order valence-electron chi connectivity index (χ0n) is 16.1. The van der Waals surface area contributed by atoms with Crippen molar-refractivity contribution in [1.82, 2.24) is 10.0 Å². The fourth-order valence-electron chi connectivity index (χ4n) is 2.95. The average molecular weight is 422 g/mol. The molecule has 3 rings (SSSR count). The normalized spacial score (nSPS) is 14.5. The van der Waals surface area contributed by atoms with Crippen molar-refractivity contribution >= 4 is 15.9 Å². The molecule has 0 saturated carbocycles. The van der Waals surface area contributed by atoms with Gasteiger partial charge in [0.2, 0.25) is 15.9 Å². The van der Waals surface area contributed by atoms with E-state index in [0.29, 0.717) is 24.7 Å². The summed E-state index contributed by atoms with van der Waals surface area (Å²) < 4.78 is 52.5. The van der Waals surface area contributed by atoms with Crippen molar-refractivity contribution in [3.63, 3.8) is 0 Å². The number of carbonyl (C=O) groups excluding carboxylic acids is 1. The molecule has 9 heteroatoms. The molecule has 2 N–H and O–H groups in total. The van der Waals surface area contributed by atoms with Gasteiger partial charge >= 0.3 is 0 Å². The van der Waals surface area contributed by atoms with Crippen LogP contribution in [0.1, 0.15) is 19.4 Å². The maximum atomic E-state index is 13.9. The molecule has 1 aliphatic heterocycles. The van der Waals surface area contributed by atoms with Gasteiger partial charge in [0, 0.05) is 12.1 Å².